The molecule has 0 atom stereocenters. The van der Waals surface area contributed by atoms with E-state index in [0.717, 1.165) is 12.8 Å². The van der Waals surface area contributed by atoms with Gasteiger partial charge in [0.25, 0.3) is 0 Å². The Hall–Kier alpha value is -1.80. The van der Waals surface area contributed by atoms with Crippen LogP contribution in [0, 0.1) is 5.92 Å². The third kappa shape index (κ3) is 3.90. The topological polar surface area (TPSA) is 84.9 Å². The Labute approximate surface area is 148 Å². The van der Waals surface area contributed by atoms with Gasteiger partial charge in [-0.1, -0.05) is 0 Å². The third-order valence-corrected chi connectivity index (χ3v) is 6.66. The summed E-state index contributed by atoms with van der Waals surface area (Å²) in [5.41, 5.74) is 0. The molecule has 1 saturated carbocycles. The lowest BCUT2D eigenvalue weighted by molar-refractivity contribution is -0.123. The number of amides is 1. The van der Waals surface area contributed by atoms with Gasteiger partial charge in [0.05, 0.1) is 14.2 Å². The molecule has 0 aromatic heterocycles. The summed E-state index contributed by atoms with van der Waals surface area (Å²) in [6.45, 7) is 0.747. The van der Waals surface area contributed by atoms with Crippen LogP contribution in [0.2, 0.25) is 0 Å². The standard InChI is InChI=1S/C17H24N2O5S/c1-23-14-5-6-15(24-2)16(11-14)25(21,22)19-9-7-13(8-10-19)18-17(20)12-3-4-12/h5-6,11-13H,3-4,7-10H2,1-2H3,(H,18,20). The van der Waals surface area contributed by atoms with Gasteiger partial charge in [-0.2, -0.15) is 4.31 Å². The molecule has 1 heterocycles. The maximum atomic E-state index is 13.0. The molecule has 0 bridgehead atoms. The Bertz CT molecular complexity index is 737. The molecule has 1 aromatic rings. The molecule has 0 radical (unpaired) electrons. The number of nitrogens with one attached hydrogen (secondary N) is 1. The number of piperidine rings is 1. The summed E-state index contributed by atoms with van der Waals surface area (Å²) in [5, 5.41) is 3.03. The summed E-state index contributed by atoms with van der Waals surface area (Å²) >= 11 is 0. The van der Waals surface area contributed by atoms with Gasteiger partial charge in [0.1, 0.15) is 16.4 Å². The number of carbonyl (C=O) groups excluding carboxylic acids is 1. The van der Waals surface area contributed by atoms with Crippen molar-refractivity contribution in [3.63, 3.8) is 0 Å². The molecular formula is C17H24N2O5S. The summed E-state index contributed by atoms with van der Waals surface area (Å²) in [5.74, 6) is 1.04. The SMILES string of the molecule is COc1ccc(OC)c(S(=O)(=O)N2CCC(NC(=O)C3CC3)CC2)c1. The predicted octanol–water partition coefficient (Wildman–Crippen LogP) is 1.38. The van der Waals surface area contributed by atoms with Crippen LogP contribution in [0.15, 0.2) is 23.1 Å². The zero-order valence-corrected chi connectivity index (χ0v) is 15.3. The molecule has 138 valence electrons. The lowest BCUT2D eigenvalue weighted by atomic mass is 10.1. The third-order valence-electron chi connectivity index (χ3n) is 4.74. The van der Waals surface area contributed by atoms with Gasteiger partial charge in [-0.15, -0.1) is 0 Å². The van der Waals surface area contributed by atoms with Crippen LogP contribution in [0.3, 0.4) is 0 Å². The van der Waals surface area contributed by atoms with Crippen LogP contribution >= 0.6 is 0 Å². The number of sulfonamides is 1. The minimum atomic E-state index is -3.68. The van der Waals surface area contributed by atoms with Crippen molar-refractivity contribution in [2.45, 2.75) is 36.6 Å². The van der Waals surface area contributed by atoms with Crippen molar-refractivity contribution < 1.29 is 22.7 Å². The summed E-state index contributed by atoms with van der Waals surface area (Å²) in [6, 6.07) is 4.78. The minimum Gasteiger partial charge on any atom is -0.497 e. The van der Waals surface area contributed by atoms with Crippen LogP contribution < -0.4 is 14.8 Å². The van der Waals surface area contributed by atoms with E-state index in [4.69, 9.17) is 9.47 Å². The van der Waals surface area contributed by atoms with E-state index < -0.39 is 10.0 Å². The van der Waals surface area contributed by atoms with Crippen LogP contribution in [0.5, 0.6) is 11.5 Å². The predicted molar refractivity (Wildman–Crippen MR) is 92.2 cm³/mol. The Morgan fingerprint density at radius 1 is 1.12 bits per heavy atom. The second-order valence-corrected chi connectivity index (χ2v) is 8.38. The van der Waals surface area contributed by atoms with Gasteiger partial charge in [0.2, 0.25) is 15.9 Å². The van der Waals surface area contributed by atoms with E-state index in [1.165, 1.54) is 24.6 Å². The molecular weight excluding hydrogens is 344 g/mol. The molecule has 1 aliphatic heterocycles. The maximum Gasteiger partial charge on any atom is 0.246 e. The van der Waals surface area contributed by atoms with E-state index in [0.29, 0.717) is 37.4 Å². The summed E-state index contributed by atoms with van der Waals surface area (Å²) in [4.78, 5) is 12.0. The summed E-state index contributed by atoms with van der Waals surface area (Å²) in [7, 11) is -0.740. The van der Waals surface area contributed by atoms with Gasteiger partial charge in [-0.3, -0.25) is 4.79 Å². The zero-order valence-electron chi connectivity index (χ0n) is 14.5. The minimum absolute atomic E-state index is 0.0479. The Balaban J connectivity index is 1.70. The second-order valence-electron chi connectivity index (χ2n) is 6.48. The first-order valence-corrected chi connectivity index (χ1v) is 9.92. The van der Waals surface area contributed by atoms with Crippen molar-refractivity contribution >= 4 is 15.9 Å². The van der Waals surface area contributed by atoms with Gasteiger partial charge in [0.15, 0.2) is 0 Å². The van der Waals surface area contributed by atoms with E-state index in [1.54, 1.807) is 12.1 Å². The second kappa shape index (κ2) is 7.21. The van der Waals surface area contributed by atoms with E-state index >= 15 is 0 Å². The number of rotatable bonds is 6. The number of benzene rings is 1. The monoisotopic (exact) mass is 368 g/mol. The molecule has 2 aliphatic rings. The quantitative estimate of drug-likeness (QED) is 0.820. The molecule has 1 N–H and O–H groups in total. The Morgan fingerprint density at radius 3 is 2.36 bits per heavy atom. The van der Waals surface area contributed by atoms with E-state index in [2.05, 4.69) is 5.32 Å². The molecule has 1 aromatic carbocycles. The number of nitrogens with zero attached hydrogens (tertiary/aromatic N) is 1. The highest BCUT2D eigenvalue weighted by Gasteiger charge is 2.35. The fourth-order valence-corrected chi connectivity index (χ4v) is 4.67. The van der Waals surface area contributed by atoms with Crippen LogP contribution in [0.4, 0.5) is 0 Å². The number of hydrogen-bond acceptors (Lipinski definition) is 5. The van der Waals surface area contributed by atoms with E-state index in [1.807, 2.05) is 0 Å². The number of hydrogen-bond donors (Lipinski definition) is 1. The maximum absolute atomic E-state index is 13.0. The highest BCUT2D eigenvalue weighted by atomic mass is 32.2. The molecule has 25 heavy (non-hydrogen) atoms. The number of carbonyl (C=O) groups is 1. The van der Waals surface area contributed by atoms with Crippen LogP contribution in [0.25, 0.3) is 0 Å². The van der Waals surface area contributed by atoms with Gasteiger partial charge >= 0.3 is 0 Å². The lowest BCUT2D eigenvalue weighted by Crippen LogP contribution is -2.46. The van der Waals surface area contributed by atoms with Crippen molar-refractivity contribution in [3.05, 3.63) is 18.2 Å². The fraction of sp³-hybridized carbons (Fsp3) is 0.588. The van der Waals surface area contributed by atoms with Crippen LogP contribution in [-0.2, 0) is 14.8 Å². The highest BCUT2D eigenvalue weighted by molar-refractivity contribution is 7.89. The average molecular weight is 368 g/mol. The van der Waals surface area contributed by atoms with Crippen LogP contribution in [0.1, 0.15) is 25.7 Å². The molecule has 0 spiro atoms. The lowest BCUT2D eigenvalue weighted by Gasteiger charge is -2.32. The van der Waals surface area contributed by atoms with E-state index in [-0.39, 0.29) is 22.8 Å². The van der Waals surface area contributed by atoms with Gasteiger partial charge < -0.3 is 14.8 Å². The largest absolute Gasteiger partial charge is 0.497 e. The van der Waals surface area contributed by atoms with Crippen molar-refractivity contribution in [2.75, 3.05) is 27.3 Å². The number of methoxy groups -OCH3 is 2. The molecule has 1 saturated heterocycles. The molecule has 2 fully saturated rings. The summed E-state index contributed by atoms with van der Waals surface area (Å²) in [6.07, 6.45) is 3.16. The van der Waals surface area contributed by atoms with Crippen LogP contribution in [-0.4, -0.2) is 52.0 Å². The molecule has 0 unspecified atom stereocenters. The fourth-order valence-electron chi connectivity index (χ4n) is 3.03. The summed E-state index contributed by atoms with van der Waals surface area (Å²) < 4.78 is 37.8. The highest BCUT2D eigenvalue weighted by Crippen LogP contribution is 2.32. The first-order chi connectivity index (χ1) is 12.0. The normalized spacial score (nSPS) is 19.4. The first kappa shape index (κ1) is 18.0. The smallest absolute Gasteiger partial charge is 0.246 e. The number of ether oxygens (including phenoxy) is 2. The molecule has 1 aliphatic carbocycles. The molecule has 3 rings (SSSR count). The van der Waals surface area contributed by atoms with Crippen molar-refractivity contribution in [1.29, 1.82) is 0 Å². The zero-order chi connectivity index (χ0) is 18.0. The van der Waals surface area contributed by atoms with Gasteiger partial charge in [0, 0.05) is 31.1 Å². The van der Waals surface area contributed by atoms with Gasteiger partial charge in [-0.05, 0) is 37.8 Å². The molecule has 8 heteroatoms. The Kier molecular flexibility index (Phi) is 5.19. The average Bonchev–Trinajstić information content (AvgIpc) is 3.46. The van der Waals surface area contributed by atoms with Gasteiger partial charge in [-0.25, -0.2) is 8.42 Å². The Morgan fingerprint density at radius 2 is 1.80 bits per heavy atom. The first-order valence-electron chi connectivity index (χ1n) is 8.48. The van der Waals surface area contributed by atoms with Crippen molar-refractivity contribution in [1.82, 2.24) is 9.62 Å². The van der Waals surface area contributed by atoms with E-state index in [9.17, 15) is 13.2 Å². The molecule has 7 nitrogen and oxygen atoms in total. The molecule has 1 amide bonds. The van der Waals surface area contributed by atoms with Crippen molar-refractivity contribution in [2.24, 2.45) is 5.92 Å². The van der Waals surface area contributed by atoms with Crippen molar-refractivity contribution in [3.8, 4) is 11.5 Å².